The number of carbonyl (C=O) groups excluding carboxylic acids is 1. The van der Waals surface area contributed by atoms with Crippen molar-refractivity contribution in [2.45, 2.75) is 39.5 Å². The van der Waals surface area contributed by atoms with Crippen LogP contribution >= 0.6 is 0 Å². The topological polar surface area (TPSA) is 57.0 Å². The predicted octanol–water partition coefficient (Wildman–Crippen LogP) is 4.16. The van der Waals surface area contributed by atoms with Crippen LogP contribution in [0.1, 0.15) is 47.4 Å². The summed E-state index contributed by atoms with van der Waals surface area (Å²) >= 11 is 0. The van der Waals surface area contributed by atoms with Gasteiger partial charge in [0.25, 0.3) is 0 Å². The number of pyridine rings is 1. The van der Waals surface area contributed by atoms with Gasteiger partial charge in [-0.05, 0) is 55.9 Å². The number of benzene rings is 1. The number of rotatable bonds is 5. The number of carbonyl (C=O) groups is 1. The number of nitrogens with zero attached hydrogens (tertiary/aromatic N) is 3. The molecular formula is C22H23N3O2. The Balaban J connectivity index is 1.76. The molecule has 1 aromatic carbocycles. The average molecular weight is 361 g/mol. The average Bonchev–Trinajstić information content (AvgIpc) is 3.34. The van der Waals surface area contributed by atoms with E-state index in [1.54, 1.807) is 17.8 Å². The van der Waals surface area contributed by atoms with Crippen LogP contribution < -0.4 is 0 Å². The Hall–Kier alpha value is -2.95. The summed E-state index contributed by atoms with van der Waals surface area (Å²) in [5, 5.41) is 4.42. The molecule has 0 N–H and O–H groups in total. The molecule has 4 rings (SSSR count). The lowest BCUT2D eigenvalue weighted by molar-refractivity contribution is 0.0525. The SMILES string of the molecule is CCOC(=O)c1cnn(-c2cccc(-c3cccc4c3CCC4)n2)c1CC. The van der Waals surface area contributed by atoms with Crippen LogP contribution in [0.2, 0.25) is 0 Å². The van der Waals surface area contributed by atoms with Crippen LogP contribution in [0.15, 0.2) is 42.6 Å². The molecule has 27 heavy (non-hydrogen) atoms. The van der Waals surface area contributed by atoms with Crippen LogP contribution in [0.5, 0.6) is 0 Å². The van der Waals surface area contributed by atoms with E-state index in [4.69, 9.17) is 9.72 Å². The van der Waals surface area contributed by atoms with Crippen LogP contribution in [-0.4, -0.2) is 27.3 Å². The molecule has 5 nitrogen and oxygen atoms in total. The lowest BCUT2D eigenvalue weighted by Gasteiger charge is -2.11. The maximum absolute atomic E-state index is 12.2. The predicted molar refractivity (Wildman–Crippen MR) is 104 cm³/mol. The van der Waals surface area contributed by atoms with Crippen molar-refractivity contribution in [3.05, 3.63) is 65.0 Å². The minimum absolute atomic E-state index is 0.336. The molecule has 0 radical (unpaired) electrons. The summed E-state index contributed by atoms with van der Waals surface area (Å²) in [6.07, 6.45) is 5.69. The molecule has 0 unspecified atom stereocenters. The first kappa shape index (κ1) is 17.5. The van der Waals surface area contributed by atoms with Crippen molar-refractivity contribution in [3.8, 4) is 17.1 Å². The van der Waals surface area contributed by atoms with Crippen molar-refractivity contribution in [3.63, 3.8) is 0 Å². The molecule has 2 heterocycles. The summed E-state index contributed by atoms with van der Waals surface area (Å²) in [5.41, 5.74) is 6.30. The number of aryl methyl sites for hydroxylation is 1. The summed E-state index contributed by atoms with van der Waals surface area (Å²) in [6, 6.07) is 12.4. The second-order valence-electron chi connectivity index (χ2n) is 6.67. The second kappa shape index (κ2) is 7.35. The quantitative estimate of drug-likeness (QED) is 0.640. The van der Waals surface area contributed by atoms with Gasteiger partial charge in [-0.15, -0.1) is 0 Å². The van der Waals surface area contributed by atoms with Crippen LogP contribution in [0.4, 0.5) is 0 Å². The van der Waals surface area contributed by atoms with Crippen molar-refractivity contribution in [2.24, 2.45) is 0 Å². The van der Waals surface area contributed by atoms with Gasteiger partial charge in [-0.3, -0.25) is 0 Å². The lowest BCUT2D eigenvalue weighted by atomic mass is 10.0. The molecule has 0 spiro atoms. The Morgan fingerprint density at radius 2 is 2.00 bits per heavy atom. The number of hydrogen-bond donors (Lipinski definition) is 0. The molecular weight excluding hydrogens is 338 g/mol. The molecule has 0 saturated heterocycles. The number of hydrogen-bond acceptors (Lipinski definition) is 4. The molecule has 0 aliphatic heterocycles. The van der Waals surface area contributed by atoms with Gasteiger partial charge in [-0.2, -0.15) is 5.10 Å². The molecule has 0 atom stereocenters. The van der Waals surface area contributed by atoms with E-state index in [1.807, 2.05) is 25.1 Å². The first-order valence-electron chi connectivity index (χ1n) is 9.55. The largest absolute Gasteiger partial charge is 0.462 e. The third-order valence-corrected chi connectivity index (χ3v) is 5.07. The minimum Gasteiger partial charge on any atom is -0.462 e. The fourth-order valence-corrected chi connectivity index (χ4v) is 3.84. The van der Waals surface area contributed by atoms with Crippen LogP contribution in [-0.2, 0) is 24.0 Å². The molecule has 1 aliphatic rings. The Kier molecular flexibility index (Phi) is 4.75. The first-order valence-corrected chi connectivity index (χ1v) is 9.55. The number of aromatic nitrogens is 3. The molecule has 0 bridgehead atoms. The van der Waals surface area contributed by atoms with E-state index in [2.05, 4.69) is 23.3 Å². The zero-order valence-electron chi connectivity index (χ0n) is 15.7. The monoisotopic (exact) mass is 361 g/mol. The van der Waals surface area contributed by atoms with Crippen molar-refractivity contribution in [1.82, 2.24) is 14.8 Å². The summed E-state index contributed by atoms with van der Waals surface area (Å²) < 4.78 is 6.90. The van der Waals surface area contributed by atoms with Gasteiger partial charge in [-0.25, -0.2) is 14.5 Å². The van der Waals surface area contributed by atoms with E-state index in [0.717, 1.165) is 30.0 Å². The highest BCUT2D eigenvalue weighted by Gasteiger charge is 2.20. The fourth-order valence-electron chi connectivity index (χ4n) is 3.84. The van der Waals surface area contributed by atoms with E-state index < -0.39 is 0 Å². The zero-order valence-corrected chi connectivity index (χ0v) is 15.7. The standard InChI is InChI=1S/C22H23N3O2/c1-3-20-18(22(26)27-4-2)14-23-25(20)21-13-7-12-19(24-21)17-11-6-9-15-8-5-10-16(15)17/h6-7,9,11-14H,3-5,8,10H2,1-2H3. The van der Waals surface area contributed by atoms with Crippen LogP contribution in [0.3, 0.4) is 0 Å². The highest BCUT2D eigenvalue weighted by Crippen LogP contribution is 2.31. The van der Waals surface area contributed by atoms with E-state index in [1.165, 1.54) is 23.1 Å². The maximum Gasteiger partial charge on any atom is 0.341 e. The first-order chi connectivity index (χ1) is 13.2. The lowest BCUT2D eigenvalue weighted by Crippen LogP contribution is -2.10. The molecule has 0 fully saturated rings. The molecule has 3 aromatic rings. The fraction of sp³-hybridized carbons (Fsp3) is 0.318. The number of esters is 1. The molecule has 138 valence electrons. The van der Waals surface area contributed by atoms with Gasteiger partial charge in [0, 0.05) is 5.56 Å². The van der Waals surface area contributed by atoms with Gasteiger partial charge >= 0.3 is 5.97 Å². The van der Waals surface area contributed by atoms with Gasteiger partial charge in [0.05, 0.1) is 24.2 Å². The Bertz CT molecular complexity index is 991. The highest BCUT2D eigenvalue weighted by molar-refractivity contribution is 5.90. The van der Waals surface area contributed by atoms with Crippen molar-refractivity contribution in [2.75, 3.05) is 6.61 Å². The summed E-state index contributed by atoms with van der Waals surface area (Å²) in [7, 11) is 0. The Labute approximate surface area is 159 Å². The van der Waals surface area contributed by atoms with Gasteiger partial charge in [0.2, 0.25) is 0 Å². The van der Waals surface area contributed by atoms with Gasteiger partial charge in [0.15, 0.2) is 5.82 Å². The van der Waals surface area contributed by atoms with Crippen LogP contribution in [0, 0.1) is 0 Å². The normalized spacial score (nSPS) is 12.8. The van der Waals surface area contributed by atoms with E-state index in [-0.39, 0.29) is 5.97 Å². The maximum atomic E-state index is 12.2. The van der Waals surface area contributed by atoms with Crippen LogP contribution in [0.25, 0.3) is 17.1 Å². The van der Waals surface area contributed by atoms with Crippen molar-refractivity contribution >= 4 is 5.97 Å². The molecule has 2 aromatic heterocycles. The molecule has 5 heteroatoms. The third-order valence-electron chi connectivity index (χ3n) is 5.07. The van der Waals surface area contributed by atoms with Gasteiger partial charge in [0.1, 0.15) is 5.56 Å². The summed E-state index contributed by atoms with van der Waals surface area (Å²) in [4.78, 5) is 17.1. The van der Waals surface area contributed by atoms with Gasteiger partial charge in [-0.1, -0.05) is 31.2 Å². The number of fused-ring (bicyclic) bond motifs is 1. The smallest absolute Gasteiger partial charge is 0.341 e. The Morgan fingerprint density at radius 1 is 1.15 bits per heavy atom. The Morgan fingerprint density at radius 3 is 2.81 bits per heavy atom. The molecule has 0 saturated carbocycles. The van der Waals surface area contributed by atoms with E-state index >= 15 is 0 Å². The van der Waals surface area contributed by atoms with Crippen molar-refractivity contribution < 1.29 is 9.53 Å². The zero-order chi connectivity index (χ0) is 18.8. The highest BCUT2D eigenvalue weighted by atomic mass is 16.5. The van der Waals surface area contributed by atoms with E-state index in [0.29, 0.717) is 18.6 Å². The summed E-state index contributed by atoms with van der Waals surface area (Å²) in [6.45, 7) is 4.15. The van der Waals surface area contributed by atoms with E-state index in [9.17, 15) is 4.79 Å². The van der Waals surface area contributed by atoms with Crippen molar-refractivity contribution in [1.29, 1.82) is 0 Å². The summed E-state index contributed by atoms with van der Waals surface area (Å²) in [5.74, 6) is 0.383. The minimum atomic E-state index is -0.336. The third kappa shape index (κ3) is 3.14. The van der Waals surface area contributed by atoms with Gasteiger partial charge < -0.3 is 4.74 Å². The molecule has 0 amide bonds. The second-order valence-corrected chi connectivity index (χ2v) is 6.67. The number of ether oxygens (including phenoxy) is 1. The molecule has 1 aliphatic carbocycles.